The van der Waals surface area contributed by atoms with Crippen LogP contribution in [0.1, 0.15) is 6.92 Å². The monoisotopic (exact) mass is 199 g/mol. The van der Waals surface area contributed by atoms with Crippen LogP contribution in [-0.2, 0) is 20.2 Å². The maximum atomic E-state index is 11.2. The molecule has 0 spiro atoms. The van der Waals surface area contributed by atoms with Crippen LogP contribution in [-0.4, -0.2) is 10.1 Å². The summed E-state index contributed by atoms with van der Waals surface area (Å²) in [6.45, 7) is 1.28. The summed E-state index contributed by atoms with van der Waals surface area (Å²) in [5, 5.41) is 0. The maximum absolute atomic E-state index is 11.2. The van der Waals surface area contributed by atoms with E-state index in [1.807, 2.05) is 5.48 Å². The van der Waals surface area contributed by atoms with Crippen molar-refractivity contribution in [2.24, 2.45) is 0 Å². The van der Waals surface area contributed by atoms with E-state index in [0.717, 1.165) is 0 Å². The van der Waals surface area contributed by atoms with Gasteiger partial charge >= 0.3 is 0 Å². The molecule has 0 fully saturated rings. The van der Waals surface area contributed by atoms with Crippen LogP contribution >= 0.6 is 0 Å². The zero-order valence-electron chi connectivity index (χ0n) is 7.02. The third kappa shape index (κ3) is 3.35. The zero-order valence-corrected chi connectivity index (χ0v) is 7.84. The Morgan fingerprint density at radius 2 is 2.00 bits per heavy atom. The van der Waals surface area contributed by atoms with E-state index < -0.39 is 11.1 Å². The van der Waals surface area contributed by atoms with Crippen LogP contribution in [0.25, 0.3) is 0 Å². The molecule has 5 heteroatoms. The van der Waals surface area contributed by atoms with Gasteiger partial charge in [-0.2, -0.15) is 4.28 Å². The van der Waals surface area contributed by atoms with Crippen LogP contribution in [0, 0.1) is 0 Å². The molecule has 1 atom stereocenters. The molecule has 0 radical (unpaired) electrons. The first-order chi connectivity index (χ1) is 6.20. The fourth-order valence-corrected chi connectivity index (χ4v) is 1.34. The Morgan fingerprint density at radius 1 is 1.38 bits per heavy atom. The molecule has 1 unspecified atom stereocenters. The number of hydrogen-bond donors (Lipinski definition) is 1. The average molecular weight is 199 g/mol. The van der Waals surface area contributed by atoms with Gasteiger partial charge in [-0.05, 0) is 12.1 Å². The van der Waals surface area contributed by atoms with E-state index in [4.69, 9.17) is 0 Å². The van der Waals surface area contributed by atoms with Gasteiger partial charge in [0.15, 0.2) is 0 Å². The van der Waals surface area contributed by atoms with Crippen molar-refractivity contribution >= 4 is 17.0 Å². The molecular weight excluding hydrogens is 190 g/mol. The largest absolute Gasteiger partial charge is 0.273 e. The van der Waals surface area contributed by atoms with Crippen molar-refractivity contribution in [2.45, 2.75) is 11.8 Å². The average Bonchev–Trinajstić information content (AvgIpc) is 2.15. The summed E-state index contributed by atoms with van der Waals surface area (Å²) in [5.41, 5.74) is 2.00. The molecule has 70 valence electrons. The van der Waals surface area contributed by atoms with Crippen LogP contribution in [0.15, 0.2) is 35.2 Å². The molecular formula is C8H9NO3S. The highest BCUT2D eigenvalue weighted by Crippen LogP contribution is 2.04. The second-order valence-corrected chi connectivity index (χ2v) is 3.40. The molecule has 0 aliphatic rings. The maximum Gasteiger partial charge on any atom is 0.241 e. The van der Waals surface area contributed by atoms with Crippen LogP contribution in [0.5, 0.6) is 0 Å². The number of nitrogens with one attached hydrogen (secondary N) is 1. The summed E-state index contributed by atoms with van der Waals surface area (Å²) in [7, 11) is 0. The topological polar surface area (TPSA) is 55.4 Å². The first-order valence-corrected chi connectivity index (χ1v) is 4.68. The fourth-order valence-electron chi connectivity index (χ4n) is 0.676. The number of amides is 1. The predicted molar refractivity (Wildman–Crippen MR) is 47.8 cm³/mol. The molecule has 1 N–H and O–H groups in total. The first kappa shape index (κ1) is 9.88. The van der Waals surface area contributed by atoms with Gasteiger partial charge in [0.2, 0.25) is 17.0 Å². The zero-order chi connectivity index (χ0) is 9.68. The second-order valence-electron chi connectivity index (χ2n) is 2.29. The van der Waals surface area contributed by atoms with Crippen molar-refractivity contribution in [3.63, 3.8) is 0 Å². The van der Waals surface area contributed by atoms with Crippen LogP contribution in [0.3, 0.4) is 0 Å². The summed E-state index contributed by atoms with van der Waals surface area (Å²) in [6.07, 6.45) is 0. The lowest BCUT2D eigenvalue weighted by atomic mass is 10.4. The van der Waals surface area contributed by atoms with Gasteiger partial charge in [-0.3, -0.25) is 4.79 Å². The number of benzene rings is 1. The molecule has 0 bridgehead atoms. The van der Waals surface area contributed by atoms with Gasteiger partial charge in [-0.1, -0.05) is 18.2 Å². The summed E-state index contributed by atoms with van der Waals surface area (Å²) in [5.74, 6) is -0.385. The van der Waals surface area contributed by atoms with Crippen LogP contribution in [0.4, 0.5) is 0 Å². The number of hydrogen-bond acceptors (Lipinski definition) is 3. The minimum atomic E-state index is -1.64. The normalized spacial score (nSPS) is 12.1. The van der Waals surface area contributed by atoms with Crippen molar-refractivity contribution < 1.29 is 13.3 Å². The molecule has 13 heavy (non-hydrogen) atoms. The molecule has 1 rings (SSSR count). The van der Waals surface area contributed by atoms with Gasteiger partial charge in [0.1, 0.15) is 0 Å². The first-order valence-electron chi connectivity index (χ1n) is 3.61. The lowest BCUT2D eigenvalue weighted by Crippen LogP contribution is -2.21. The summed E-state index contributed by atoms with van der Waals surface area (Å²) < 4.78 is 15.8. The minimum Gasteiger partial charge on any atom is -0.273 e. The lowest BCUT2D eigenvalue weighted by molar-refractivity contribution is -0.124. The van der Waals surface area contributed by atoms with E-state index in [0.29, 0.717) is 4.90 Å². The molecule has 0 aliphatic heterocycles. The molecule has 4 nitrogen and oxygen atoms in total. The highest BCUT2D eigenvalue weighted by molar-refractivity contribution is 7.80. The Bertz CT molecular complexity index is 312. The van der Waals surface area contributed by atoms with Crippen molar-refractivity contribution in [2.75, 3.05) is 0 Å². The molecule has 0 aliphatic carbocycles. The lowest BCUT2D eigenvalue weighted by Gasteiger charge is -2.01. The molecule has 0 saturated carbocycles. The third-order valence-electron chi connectivity index (χ3n) is 1.20. The van der Waals surface area contributed by atoms with Gasteiger partial charge in [-0.15, -0.1) is 0 Å². The van der Waals surface area contributed by atoms with Gasteiger partial charge in [0.25, 0.3) is 0 Å². The molecule has 1 aromatic carbocycles. The SMILES string of the molecule is CC(=O)NOS(=O)c1ccccc1. The predicted octanol–water partition coefficient (Wildman–Crippen LogP) is 0.777. The number of rotatable bonds is 3. The highest BCUT2D eigenvalue weighted by Gasteiger charge is 2.03. The number of carbonyl (C=O) groups is 1. The Hall–Kier alpha value is -1.20. The van der Waals surface area contributed by atoms with E-state index >= 15 is 0 Å². The quantitative estimate of drug-likeness (QED) is 0.732. The van der Waals surface area contributed by atoms with E-state index in [-0.39, 0.29) is 5.91 Å². The number of carbonyl (C=O) groups excluding carboxylic acids is 1. The number of hydroxylamine groups is 1. The van der Waals surface area contributed by atoms with Crippen molar-refractivity contribution in [1.29, 1.82) is 0 Å². The fraction of sp³-hybridized carbons (Fsp3) is 0.125. The third-order valence-corrected chi connectivity index (χ3v) is 2.09. The van der Waals surface area contributed by atoms with Crippen LogP contribution < -0.4 is 5.48 Å². The molecule has 1 aromatic rings. The van der Waals surface area contributed by atoms with E-state index in [2.05, 4.69) is 4.28 Å². The summed E-state index contributed by atoms with van der Waals surface area (Å²) in [6, 6.07) is 8.59. The van der Waals surface area contributed by atoms with E-state index in [1.165, 1.54) is 6.92 Å². The van der Waals surface area contributed by atoms with Crippen LogP contribution in [0.2, 0.25) is 0 Å². The van der Waals surface area contributed by atoms with Crippen molar-refractivity contribution in [1.82, 2.24) is 5.48 Å². The highest BCUT2D eigenvalue weighted by atomic mass is 32.2. The molecule has 1 amide bonds. The van der Waals surface area contributed by atoms with Gasteiger partial charge in [0.05, 0.1) is 4.90 Å². The Morgan fingerprint density at radius 3 is 2.54 bits per heavy atom. The van der Waals surface area contributed by atoms with E-state index in [9.17, 15) is 9.00 Å². The Balaban J connectivity index is 2.54. The second kappa shape index (κ2) is 4.74. The van der Waals surface area contributed by atoms with Crippen molar-refractivity contribution in [3.05, 3.63) is 30.3 Å². The Labute approximate surface area is 78.5 Å². The molecule has 0 aromatic heterocycles. The molecule has 0 saturated heterocycles. The smallest absolute Gasteiger partial charge is 0.241 e. The standard InChI is InChI=1S/C8H9NO3S/c1-7(10)9-12-13(11)8-5-3-2-4-6-8/h2-6H,1H3,(H,9,10). The van der Waals surface area contributed by atoms with Crippen molar-refractivity contribution in [3.8, 4) is 0 Å². The minimum absolute atomic E-state index is 0.385. The summed E-state index contributed by atoms with van der Waals surface area (Å²) in [4.78, 5) is 10.9. The van der Waals surface area contributed by atoms with Gasteiger partial charge in [-0.25, -0.2) is 9.69 Å². The van der Waals surface area contributed by atoms with Gasteiger partial charge in [0, 0.05) is 6.92 Å². The molecule has 0 heterocycles. The van der Waals surface area contributed by atoms with E-state index in [1.54, 1.807) is 30.3 Å². The van der Waals surface area contributed by atoms with Gasteiger partial charge < -0.3 is 0 Å². The summed E-state index contributed by atoms with van der Waals surface area (Å²) >= 11 is -1.64. The Kier molecular flexibility index (Phi) is 3.60.